The minimum atomic E-state index is 0.656. The number of benzene rings is 1. The van der Waals surface area contributed by atoms with Gasteiger partial charge in [-0.25, -0.2) is 0 Å². The van der Waals surface area contributed by atoms with Gasteiger partial charge in [-0.2, -0.15) is 10.5 Å². The molecule has 1 aromatic rings. The summed E-state index contributed by atoms with van der Waals surface area (Å²) >= 11 is 0. The Labute approximate surface area is 171 Å². The molecule has 0 spiro atoms. The molecule has 0 unspecified atom stereocenters. The Bertz CT molecular complexity index is 687. The highest BCUT2D eigenvalue weighted by Crippen LogP contribution is 2.42. The van der Waals surface area contributed by atoms with E-state index in [-0.39, 0.29) is 0 Å². The molecule has 0 radical (unpaired) electrons. The predicted molar refractivity (Wildman–Crippen MR) is 114 cm³/mol. The summed E-state index contributed by atoms with van der Waals surface area (Å²) in [5, 5.41) is 17.6. The lowest BCUT2D eigenvalue weighted by Gasteiger charge is -2.37. The lowest BCUT2D eigenvalue weighted by Crippen LogP contribution is -2.25. The second kappa shape index (κ2) is 11.1. The van der Waals surface area contributed by atoms with Crippen LogP contribution in [0.4, 0.5) is 0 Å². The van der Waals surface area contributed by atoms with Crippen molar-refractivity contribution in [3.8, 4) is 12.1 Å². The van der Waals surface area contributed by atoms with Crippen LogP contribution in [0, 0.1) is 46.3 Å². The molecule has 0 saturated heterocycles. The summed E-state index contributed by atoms with van der Waals surface area (Å²) in [4.78, 5) is 0. The van der Waals surface area contributed by atoms with Crippen molar-refractivity contribution in [2.24, 2.45) is 23.7 Å². The summed E-state index contributed by atoms with van der Waals surface area (Å²) in [6, 6.07) is 12.4. The van der Waals surface area contributed by atoms with Crippen LogP contribution in [0.3, 0.4) is 0 Å². The average Bonchev–Trinajstić information content (AvgIpc) is 2.76. The summed E-state index contributed by atoms with van der Waals surface area (Å²) in [5.74, 6) is 3.52. The van der Waals surface area contributed by atoms with E-state index in [4.69, 9.17) is 10.5 Å². The molecule has 2 saturated carbocycles. The van der Waals surface area contributed by atoms with Crippen LogP contribution in [0.1, 0.15) is 81.8 Å². The minimum Gasteiger partial charge on any atom is -0.193 e. The Hall–Kier alpha value is -2.06. The van der Waals surface area contributed by atoms with Gasteiger partial charge in [0, 0.05) is 6.08 Å². The van der Waals surface area contributed by atoms with E-state index in [2.05, 4.69) is 30.3 Å². The number of allylic oxidation sites excluding steroid dienone is 2. The van der Waals surface area contributed by atoms with Gasteiger partial charge in [-0.15, -0.1) is 0 Å². The van der Waals surface area contributed by atoms with Crippen molar-refractivity contribution < 1.29 is 0 Å². The smallest absolute Gasteiger partial charge is 0.0991 e. The predicted octanol–water partition coefficient (Wildman–Crippen LogP) is 6.96. The second-order valence-corrected chi connectivity index (χ2v) is 9.00. The van der Waals surface area contributed by atoms with Gasteiger partial charge in [0.1, 0.15) is 0 Å². The highest BCUT2D eigenvalue weighted by atomic mass is 14.4. The Morgan fingerprint density at radius 1 is 0.821 bits per heavy atom. The van der Waals surface area contributed by atoms with E-state index >= 15 is 0 Å². The molecule has 2 aliphatic carbocycles. The molecule has 0 heterocycles. The van der Waals surface area contributed by atoms with Gasteiger partial charge in [0.15, 0.2) is 0 Å². The van der Waals surface area contributed by atoms with Crippen LogP contribution in [-0.4, -0.2) is 0 Å². The highest BCUT2D eigenvalue weighted by Gasteiger charge is 2.30. The van der Waals surface area contributed by atoms with Crippen molar-refractivity contribution in [1.29, 1.82) is 10.5 Å². The van der Waals surface area contributed by atoms with E-state index in [1.165, 1.54) is 76.2 Å². The third-order valence-electron chi connectivity index (χ3n) is 7.23. The maximum Gasteiger partial charge on any atom is 0.0991 e. The number of hydrogen-bond acceptors (Lipinski definition) is 2. The summed E-state index contributed by atoms with van der Waals surface area (Å²) in [6.45, 7) is 0. The van der Waals surface area contributed by atoms with Crippen LogP contribution < -0.4 is 0 Å². The largest absolute Gasteiger partial charge is 0.193 e. The van der Waals surface area contributed by atoms with Gasteiger partial charge in [-0.3, -0.25) is 0 Å². The Morgan fingerprint density at radius 3 is 2.07 bits per heavy atom. The van der Waals surface area contributed by atoms with Crippen LogP contribution in [0.15, 0.2) is 36.4 Å². The molecule has 148 valence electrons. The van der Waals surface area contributed by atoms with Crippen molar-refractivity contribution in [3.05, 3.63) is 47.5 Å². The number of nitrogens with zero attached hydrogens (tertiary/aromatic N) is 2. The van der Waals surface area contributed by atoms with Crippen molar-refractivity contribution in [3.63, 3.8) is 0 Å². The molecule has 0 atom stereocenters. The molecule has 0 aromatic heterocycles. The van der Waals surface area contributed by atoms with Crippen molar-refractivity contribution in [2.75, 3.05) is 0 Å². The van der Waals surface area contributed by atoms with Gasteiger partial charge in [0.2, 0.25) is 0 Å². The summed E-state index contributed by atoms with van der Waals surface area (Å²) < 4.78 is 0. The second-order valence-electron chi connectivity index (χ2n) is 9.00. The van der Waals surface area contributed by atoms with Gasteiger partial charge in [0.05, 0.1) is 17.7 Å². The van der Waals surface area contributed by atoms with Crippen LogP contribution in [0.5, 0.6) is 0 Å². The number of hydrogen-bond donors (Lipinski definition) is 0. The van der Waals surface area contributed by atoms with Crippen molar-refractivity contribution in [2.45, 2.75) is 77.0 Å². The van der Waals surface area contributed by atoms with Gasteiger partial charge in [0.25, 0.3) is 0 Å². The molecule has 2 aliphatic rings. The normalized spacial score (nSPS) is 27.9. The molecule has 2 nitrogen and oxygen atoms in total. The summed E-state index contributed by atoms with van der Waals surface area (Å²) in [5.41, 5.74) is 2.12. The topological polar surface area (TPSA) is 47.6 Å². The zero-order valence-corrected chi connectivity index (χ0v) is 17.2. The molecule has 0 aliphatic heterocycles. The van der Waals surface area contributed by atoms with Gasteiger partial charge in [-0.05, 0) is 92.7 Å². The standard InChI is InChI=1S/C26H34N2/c27-19-3-6-23-13-17-26(18-14-23)25-15-11-22(12-16-25)5-2-1-4-21-7-9-24(20-28)10-8-21/h3,6-10,22-23,25-26H,1-2,4-5,11-18H2. The fourth-order valence-electron chi connectivity index (χ4n) is 5.44. The van der Waals surface area contributed by atoms with E-state index in [0.717, 1.165) is 29.7 Å². The monoisotopic (exact) mass is 374 g/mol. The molecule has 3 rings (SSSR count). The Balaban J connectivity index is 1.29. The molecular weight excluding hydrogens is 340 g/mol. The number of aryl methyl sites for hydroxylation is 1. The molecule has 1 aromatic carbocycles. The fourth-order valence-corrected chi connectivity index (χ4v) is 5.44. The van der Waals surface area contributed by atoms with Crippen LogP contribution in [0.25, 0.3) is 0 Å². The first kappa shape index (κ1) is 20.7. The molecule has 28 heavy (non-hydrogen) atoms. The summed E-state index contributed by atoms with van der Waals surface area (Å²) in [7, 11) is 0. The van der Waals surface area contributed by atoms with Crippen molar-refractivity contribution in [1.82, 2.24) is 0 Å². The van der Waals surface area contributed by atoms with Crippen molar-refractivity contribution >= 4 is 0 Å². The molecule has 2 fully saturated rings. The van der Waals surface area contributed by atoms with E-state index in [9.17, 15) is 0 Å². The number of rotatable bonds is 7. The van der Waals surface area contributed by atoms with E-state index in [1.54, 1.807) is 6.08 Å². The third kappa shape index (κ3) is 6.24. The SMILES string of the molecule is N#CC=CC1CCC(C2CCC(CCCCc3ccc(C#N)cc3)CC2)CC1. The lowest BCUT2D eigenvalue weighted by molar-refractivity contribution is 0.151. The average molecular weight is 375 g/mol. The molecule has 0 bridgehead atoms. The first-order valence-corrected chi connectivity index (χ1v) is 11.3. The maximum atomic E-state index is 8.87. The first-order valence-electron chi connectivity index (χ1n) is 11.3. The Morgan fingerprint density at radius 2 is 1.46 bits per heavy atom. The van der Waals surface area contributed by atoms with Crippen LogP contribution in [-0.2, 0) is 6.42 Å². The van der Waals surface area contributed by atoms with Crippen LogP contribution >= 0.6 is 0 Å². The molecule has 0 N–H and O–H groups in total. The highest BCUT2D eigenvalue weighted by molar-refractivity contribution is 5.31. The third-order valence-corrected chi connectivity index (χ3v) is 7.23. The number of unbranched alkanes of at least 4 members (excludes halogenated alkanes) is 1. The number of nitriles is 2. The molecular formula is C26H34N2. The van der Waals surface area contributed by atoms with Gasteiger partial charge >= 0.3 is 0 Å². The molecule has 2 heteroatoms. The Kier molecular flexibility index (Phi) is 8.17. The summed E-state index contributed by atoms with van der Waals surface area (Å²) in [6.07, 6.45) is 20.1. The lowest BCUT2D eigenvalue weighted by atomic mass is 9.68. The van der Waals surface area contributed by atoms with Crippen LogP contribution in [0.2, 0.25) is 0 Å². The van der Waals surface area contributed by atoms with Gasteiger partial charge < -0.3 is 0 Å². The van der Waals surface area contributed by atoms with E-state index in [1.807, 2.05) is 12.1 Å². The van der Waals surface area contributed by atoms with Gasteiger partial charge in [-0.1, -0.05) is 43.9 Å². The molecule has 0 amide bonds. The zero-order valence-electron chi connectivity index (χ0n) is 17.2. The van der Waals surface area contributed by atoms with E-state index < -0.39 is 0 Å². The first-order chi connectivity index (χ1) is 13.8. The zero-order chi connectivity index (χ0) is 19.6. The quantitative estimate of drug-likeness (QED) is 0.382. The minimum absolute atomic E-state index is 0.656. The maximum absolute atomic E-state index is 8.87. The van der Waals surface area contributed by atoms with E-state index in [0.29, 0.717) is 5.92 Å². The fraction of sp³-hybridized carbons (Fsp3) is 0.615.